The molecular formula is C39H42N6O3. The summed E-state index contributed by atoms with van der Waals surface area (Å²) < 4.78 is 0. The molecule has 0 spiro atoms. The summed E-state index contributed by atoms with van der Waals surface area (Å²) in [6.45, 7) is 7.17. The molecule has 3 aromatic rings. The van der Waals surface area contributed by atoms with Gasteiger partial charge in [0.25, 0.3) is 17.7 Å². The van der Waals surface area contributed by atoms with Crippen LogP contribution in [0.15, 0.2) is 54.6 Å². The van der Waals surface area contributed by atoms with Gasteiger partial charge in [-0.05, 0) is 73.9 Å². The van der Waals surface area contributed by atoms with Crippen molar-refractivity contribution >= 4 is 34.8 Å². The third kappa shape index (κ3) is 8.27. The molecule has 1 aliphatic heterocycles. The molecule has 3 amide bonds. The number of unbranched alkanes of at least 4 members (excludes halogenated alkanes) is 6. The van der Waals surface area contributed by atoms with E-state index in [0.29, 0.717) is 56.0 Å². The van der Waals surface area contributed by atoms with Crippen LogP contribution in [0.25, 0.3) is 0 Å². The Labute approximate surface area is 283 Å². The van der Waals surface area contributed by atoms with Gasteiger partial charge in [0.05, 0.1) is 34.9 Å². The highest BCUT2D eigenvalue weighted by Gasteiger charge is 2.27. The van der Waals surface area contributed by atoms with Gasteiger partial charge >= 0.3 is 0 Å². The summed E-state index contributed by atoms with van der Waals surface area (Å²) in [5.74, 6) is -1.21. The van der Waals surface area contributed by atoms with E-state index in [-0.39, 0.29) is 33.4 Å². The average molecular weight is 643 g/mol. The van der Waals surface area contributed by atoms with Crippen LogP contribution < -0.4 is 14.7 Å². The number of fused-ring (bicyclic) bond motifs is 6. The molecule has 0 radical (unpaired) electrons. The fourth-order valence-corrected chi connectivity index (χ4v) is 5.94. The van der Waals surface area contributed by atoms with Crippen molar-refractivity contribution in [3.63, 3.8) is 0 Å². The number of nitriles is 3. The van der Waals surface area contributed by atoms with Gasteiger partial charge < -0.3 is 14.7 Å². The molecule has 0 aliphatic carbocycles. The molecule has 9 heteroatoms. The van der Waals surface area contributed by atoms with Crippen LogP contribution >= 0.6 is 0 Å². The minimum atomic E-state index is -0.402. The highest BCUT2D eigenvalue weighted by molar-refractivity contribution is 6.12. The lowest BCUT2D eigenvalue weighted by Crippen LogP contribution is -2.34. The maximum atomic E-state index is 14.4. The minimum absolute atomic E-state index is 0.214. The first-order chi connectivity index (χ1) is 23.3. The topological polar surface area (TPSA) is 132 Å². The third-order valence-electron chi connectivity index (χ3n) is 8.51. The first kappa shape index (κ1) is 35.4. The lowest BCUT2D eigenvalue weighted by Gasteiger charge is -2.26. The number of amides is 3. The maximum Gasteiger partial charge on any atom is 0.258 e. The Kier molecular flexibility index (Phi) is 12.5. The fourth-order valence-electron chi connectivity index (χ4n) is 5.94. The Hall–Kier alpha value is -5.46. The van der Waals surface area contributed by atoms with Crippen molar-refractivity contribution in [2.24, 2.45) is 0 Å². The van der Waals surface area contributed by atoms with Crippen LogP contribution in [-0.4, -0.2) is 37.4 Å². The van der Waals surface area contributed by atoms with Gasteiger partial charge in [0, 0.05) is 53.4 Å². The summed E-state index contributed by atoms with van der Waals surface area (Å²) in [4.78, 5) is 47.9. The maximum absolute atomic E-state index is 14.4. The van der Waals surface area contributed by atoms with Crippen LogP contribution in [0.4, 0.5) is 17.1 Å². The van der Waals surface area contributed by atoms with Crippen LogP contribution in [-0.2, 0) is 0 Å². The summed E-state index contributed by atoms with van der Waals surface area (Å²) in [6.07, 6.45) is 7.38. The number of rotatable bonds is 12. The smallest absolute Gasteiger partial charge is 0.258 e. The molecule has 246 valence electrons. The zero-order chi connectivity index (χ0) is 34.6. The number of benzene rings is 3. The van der Waals surface area contributed by atoms with E-state index < -0.39 is 17.7 Å². The monoisotopic (exact) mass is 642 g/mol. The second-order valence-corrected chi connectivity index (χ2v) is 12.1. The zero-order valence-corrected chi connectivity index (χ0v) is 28.1. The normalized spacial score (nSPS) is 13.0. The van der Waals surface area contributed by atoms with Crippen molar-refractivity contribution in [2.75, 3.05) is 34.3 Å². The van der Waals surface area contributed by atoms with Crippen molar-refractivity contribution in [3.8, 4) is 18.2 Å². The van der Waals surface area contributed by atoms with Crippen LogP contribution in [0, 0.1) is 34.0 Å². The van der Waals surface area contributed by atoms with Gasteiger partial charge in [-0.2, -0.15) is 15.8 Å². The highest BCUT2D eigenvalue weighted by atomic mass is 16.2. The molecule has 0 N–H and O–H groups in total. The number of anilines is 3. The molecule has 0 saturated carbocycles. The quantitative estimate of drug-likeness (QED) is 0.183. The lowest BCUT2D eigenvalue weighted by molar-refractivity contribution is 0.0975. The first-order valence-corrected chi connectivity index (χ1v) is 16.9. The second-order valence-electron chi connectivity index (χ2n) is 12.1. The SMILES string of the molecule is CCCCCN1C(=O)c2cc(C#N)cc(c2)N(CCCCC)C(=O)c2cc(C#N)cc(c2)N(CCCCC)C(=O)c2cc(C#N)cc1c2. The van der Waals surface area contributed by atoms with Gasteiger partial charge in [0.1, 0.15) is 0 Å². The molecule has 0 saturated heterocycles. The Morgan fingerprint density at radius 3 is 0.938 bits per heavy atom. The molecule has 48 heavy (non-hydrogen) atoms. The summed E-state index contributed by atoms with van der Waals surface area (Å²) in [5, 5.41) is 30.1. The Balaban J connectivity index is 2.06. The van der Waals surface area contributed by atoms with E-state index in [2.05, 4.69) is 39.0 Å². The Morgan fingerprint density at radius 1 is 0.438 bits per heavy atom. The number of hydrogen-bond donors (Lipinski definition) is 0. The molecule has 1 heterocycles. The number of hydrogen-bond acceptors (Lipinski definition) is 6. The largest absolute Gasteiger partial charge is 0.308 e. The van der Waals surface area contributed by atoms with E-state index in [1.807, 2.05) is 0 Å². The van der Waals surface area contributed by atoms with Crippen LogP contribution in [0.3, 0.4) is 0 Å². The van der Waals surface area contributed by atoms with Crippen LogP contribution in [0.5, 0.6) is 0 Å². The molecule has 0 aromatic heterocycles. The summed E-state index contributed by atoms with van der Waals surface area (Å²) in [5.41, 5.74) is 2.49. The van der Waals surface area contributed by atoms with Gasteiger partial charge in [0.2, 0.25) is 0 Å². The summed E-state index contributed by atoms with van der Waals surface area (Å²) in [6, 6.07) is 20.7. The van der Waals surface area contributed by atoms with Gasteiger partial charge in [-0.25, -0.2) is 0 Å². The Morgan fingerprint density at radius 2 is 0.708 bits per heavy atom. The minimum Gasteiger partial charge on any atom is -0.308 e. The number of carbonyl (C=O) groups excluding carboxylic acids is 3. The van der Waals surface area contributed by atoms with E-state index in [9.17, 15) is 30.2 Å². The molecule has 6 bridgehead atoms. The first-order valence-electron chi connectivity index (χ1n) is 16.9. The van der Waals surface area contributed by atoms with Crippen molar-refractivity contribution in [1.82, 2.24) is 0 Å². The van der Waals surface area contributed by atoms with Crippen molar-refractivity contribution < 1.29 is 14.4 Å². The third-order valence-corrected chi connectivity index (χ3v) is 8.51. The molecule has 9 nitrogen and oxygen atoms in total. The number of nitrogens with zero attached hydrogens (tertiary/aromatic N) is 6. The molecule has 0 atom stereocenters. The molecule has 0 fully saturated rings. The van der Waals surface area contributed by atoms with Gasteiger partial charge in [-0.3, -0.25) is 14.4 Å². The van der Waals surface area contributed by atoms with E-state index in [1.165, 1.54) is 18.2 Å². The zero-order valence-electron chi connectivity index (χ0n) is 28.1. The lowest BCUT2D eigenvalue weighted by atomic mass is 10.0. The van der Waals surface area contributed by atoms with Crippen molar-refractivity contribution in [1.29, 1.82) is 15.8 Å². The molecule has 3 aromatic carbocycles. The molecule has 4 rings (SSSR count). The van der Waals surface area contributed by atoms with Crippen molar-refractivity contribution in [3.05, 3.63) is 88.0 Å². The van der Waals surface area contributed by atoms with E-state index in [0.717, 1.165) is 38.5 Å². The predicted molar refractivity (Wildman–Crippen MR) is 187 cm³/mol. The number of carbonyl (C=O) groups is 3. The highest BCUT2D eigenvalue weighted by Crippen LogP contribution is 2.30. The molecule has 1 aliphatic rings. The van der Waals surface area contributed by atoms with E-state index in [4.69, 9.17) is 0 Å². The summed E-state index contributed by atoms with van der Waals surface area (Å²) in [7, 11) is 0. The predicted octanol–water partition coefficient (Wildman–Crippen LogP) is 8.13. The average Bonchev–Trinajstić information content (AvgIpc) is 3.12. The van der Waals surface area contributed by atoms with Crippen LogP contribution in [0.1, 0.15) is 126 Å². The Bertz CT molecular complexity index is 1590. The summed E-state index contributed by atoms with van der Waals surface area (Å²) >= 11 is 0. The molecular weight excluding hydrogens is 600 g/mol. The van der Waals surface area contributed by atoms with E-state index in [1.54, 1.807) is 51.1 Å². The van der Waals surface area contributed by atoms with E-state index >= 15 is 0 Å². The van der Waals surface area contributed by atoms with Gasteiger partial charge in [-0.1, -0.05) is 59.3 Å². The standard InChI is InChI=1S/C39H42N6O3/c1-4-7-10-13-43-34-19-28(25-40)17-32(22-34)38(47)45(15-12-9-6-3)36-21-30(27-42)18-33(24-36)39(48)44(14-11-8-5-2)35-20-29(26-41)16-31(23-35)37(43)46/h16-24H,4-15H2,1-3H3. The molecule has 0 unspecified atom stereocenters. The van der Waals surface area contributed by atoms with Gasteiger partial charge in [-0.15, -0.1) is 0 Å². The van der Waals surface area contributed by atoms with Gasteiger partial charge in [0.15, 0.2) is 0 Å². The second kappa shape index (κ2) is 16.9. The van der Waals surface area contributed by atoms with Crippen molar-refractivity contribution in [2.45, 2.75) is 78.6 Å². The van der Waals surface area contributed by atoms with Crippen LogP contribution in [0.2, 0.25) is 0 Å². The fraction of sp³-hybridized carbons (Fsp3) is 0.385.